The summed E-state index contributed by atoms with van der Waals surface area (Å²) in [5.41, 5.74) is 2.38. The minimum atomic E-state index is -4.52. The van der Waals surface area contributed by atoms with E-state index in [0.717, 1.165) is 30.3 Å². The number of ether oxygens (including phenoxy) is 1. The van der Waals surface area contributed by atoms with Crippen molar-refractivity contribution < 1.29 is 22.5 Å². The molecule has 14 heteroatoms. The largest absolute Gasteiger partial charge is 0.610 e. The SMILES string of the molecule is CCn1cc(C(F)(F)F)nc1-c1ccc(Cn2nc([S+](C)[O-])c3cnc(-c4c(OC)ncnc4C4CC4)nc32)cc1. The average molecular weight is 583 g/mol. The molecule has 1 fully saturated rings. The highest BCUT2D eigenvalue weighted by Crippen LogP contribution is 2.45. The van der Waals surface area contributed by atoms with E-state index in [0.29, 0.717) is 51.4 Å². The molecular weight excluding hydrogens is 557 g/mol. The molecule has 1 saturated carbocycles. The molecule has 4 heterocycles. The van der Waals surface area contributed by atoms with Crippen LogP contribution in [0.25, 0.3) is 33.8 Å². The highest BCUT2D eigenvalue weighted by molar-refractivity contribution is 7.90. The number of rotatable bonds is 8. The summed E-state index contributed by atoms with van der Waals surface area (Å²) in [4.78, 5) is 21.9. The summed E-state index contributed by atoms with van der Waals surface area (Å²) in [7, 11) is 1.53. The van der Waals surface area contributed by atoms with Crippen LogP contribution in [0, 0.1) is 0 Å². The molecule has 0 amide bonds. The van der Waals surface area contributed by atoms with E-state index < -0.39 is 23.0 Å². The third kappa shape index (κ3) is 5.12. The fraction of sp³-hybridized carbons (Fsp3) is 0.333. The lowest BCUT2D eigenvalue weighted by molar-refractivity contribution is -0.140. The first kappa shape index (κ1) is 27.1. The second kappa shape index (κ2) is 10.4. The summed E-state index contributed by atoms with van der Waals surface area (Å²) in [6.07, 6.45) is 3.13. The lowest BCUT2D eigenvalue weighted by Gasteiger charge is -2.11. The normalized spacial score (nSPS) is 14.5. The molecule has 0 saturated heterocycles. The van der Waals surface area contributed by atoms with E-state index in [1.54, 1.807) is 48.3 Å². The molecule has 1 aromatic carbocycles. The molecule has 0 aliphatic heterocycles. The number of halogens is 3. The maximum atomic E-state index is 13.2. The van der Waals surface area contributed by atoms with Gasteiger partial charge in [0.15, 0.2) is 17.2 Å². The van der Waals surface area contributed by atoms with Crippen LogP contribution in [0.3, 0.4) is 0 Å². The van der Waals surface area contributed by atoms with Crippen LogP contribution in [0.2, 0.25) is 0 Å². The van der Waals surface area contributed by atoms with Gasteiger partial charge in [-0.15, -0.1) is 5.10 Å². The number of aromatic nitrogens is 8. The van der Waals surface area contributed by atoms with E-state index >= 15 is 0 Å². The minimum absolute atomic E-state index is 0.238. The molecule has 41 heavy (non-hydrogen) atoms. The van der Waals surface area contributed by atoms with Crippen molar-refractivity contribution >= 4 is 22.2 Å². The Bertz CT molecular complexity index is 1730. The highest BCUT2D eigenvalue weighted by atomic mass is 32.2. The Morgan fingerprint density at radius 2 is 1.85 bits per heavy atom. The number of alkyl halides is 3. The summed E-state index contributed by atoms with van der Waals surface area (Å²) >= 11 is -1.40. The van der Waals surface area contributed by atoms with Crippen LogP contribution in [0.4, 0.5) is 13.2 Å². The van der Waals surface area contributed by atoms with Gasteiger partial charge in [-0.25, -0.2) is 29.6 Å². The molecule has 10 nitrogen and oxygen atoms in total. The lowest BCUT2D eigenvalue weighted by atomic mass is 10.1. The van der Waals surface area contributed by atoms with Gasteiger partial charge < -0.3 is 13.9 Å². The van der Waals surface area contributed by atoms with Crippen molar-refractivity contribution in [1.82, 2.24) is 39.3 Å². The zero-order valence-corrected chi connectivity index (χ0v) is 23.2. The molecular formula is C27H25F3N8O2S. The smallest absolute Gasteiger partial charge is 0.434 e. The molecule has 0 radical (unpaired) electrons. The first-order chi connectivity index (χ1) is 19.7. The summed E-state index contributed by atoms with van der Waals surface area (Å²) in [6, 6.07) is 7.05. The van der Waals surface area contributed by atoms with Gasteiger partial charge in [0, 0.05) is 41.6 Å². The third-order valence-corrected chi connectivity index (χ3v) is 7.75. The monoisotopic (exact) mass is 582 g/mol. The van der Waals surface area contributed by atoms with Gasteiger partial charge in [0.05, 0.1) is 19.3 Å². The zero-order chi connectivity index (χ0) is 28.9. The van der Waals surface area contributed by atoms with E-state index in [1.807, 2.05) is 0 Å². The number of nitrogens with zero attached hydrogens (tertiary/aromatic N) is 8. The van der Waals surface area contributed by atoms with Crippen LogP contribution in [-0.2, 0) is 30.4 Å². The predicted octanol–water partition coefficient (Wildman–Crippen LogP) is 4.86. The molecule has 6 rings (SSSR count). The number of benzene rings is 1. The Labute approximate surface area is 235 Å². The number of imidazole rings is 1. The van der Waals surface area contributed by atoms with E-state index in [2.05, 4.69) is 25.0 Å². The number of hydrogen-bond acceptors (Lipinski definition) is 8. The summed E-state index contributed by atoms with van der Waals surface area (Å²) in [5, 5.41) is 5.49. The van der Waals surface area contributed by atoms with Crippen molar-refractivity contribution in [3.8, 4) is 28.7 Å². The molecule has 0 N–H and O–H groups in total. The number of hydrogen-bond donors (Lipinski definition) is 0. The van der Waals surface area contributed by atoms with Crippen molar-refractivity contribution in [2.75, 3.05) is 13.4 Å². The number of fused-ring (bicyclic) bond motifs is 1. The first-order valence-corrected chi connectivity index (χ1v) is 14.4. The van der Waals surface area contributed by atoms with Crippen molar-refractivity contribution in [2.24, 2.45) is 0 Å². The van der Waals surface area contributed by atoms with Crippen LogP contribution in [-0.4, -0.2) is 57.2 Å². The summed E-state index contributed by atoms with van der Waals surface area (Å²) in [6.45, 7) is 2.38. The van der Waals surface area contributed by atoms with Gasteiger partial charge >= 0.3 is 6.18 Å². The predicted molar refractivity (Wildman–Crippen MR) is 145 cm³/mol. The van der Waals surface area contributed by atoms with Crippen molar-refractivity contribution in [2.45, 2.75) is 50.0 Å². The molecule has 1 atom stereocenters. The summed E-state index contributed by atoms with van der Waals surface area (Å²) in [5.74, 6) is 1.29. The van der Waals surface area contributed by atoms with Crippen LogP contribution in [0.5, 0.6) is 5.88 Å². The van der Waals surface area contributed by atoms with Crippen LogP contribution < -0.4 is 4.74 Å². The molecule has 4 aromatic heterocycles. The van der Waals surface area contributed by atoms with Gasteiger partial charge in [-0.2, -0.15) is 13.2 Å². The topological polar surface area (TPSA) is 119 Å². The van der Waals surface area contributed by atoms with Crippen molar-refractivity contribution in [3.63, 3.8) is 0 Å². The Morgan fingerprint density at radius 3 is 2.49 bits per heavy atom. The maximum absolute atomic E-state index is 13.2. The Morgan fingerprint density at radius 1 is 1.10 bits per heavy atom. The Kier molecular flexibility index (Phi) is 6.90. The standard InChI is InChI=1S/C27H25F3N8O2S/c1-4-37-13-19(27(28,29)30)34-23(37)17-7-5-15(6-8-17)12-38-24-18(26(36-38)41(3)39)11-31-22(35-24)20-21(16-9-10-16)32-14-33-25(20)40-2/h5-8,11,13-14,16H,4,9-10,12H2,1-3H3. The quantitative estimate of drug-likeness (QED) is 0.238. The fourth-order valence-corrected chi connectivity index (χ4v) is 5.41. The zero-order valence-electron chi connectivity index (χ0n) is 22.4. The molecule has 212 valence electrons. The first-order valence-electron chi connectivity index (χ1n) is 12.9. The van der Waals surface area contributed by atoms with E-state index in [-0.39, 0.29) is 12.4 Å². The molecule has 1 unspecified atom stereocenters. The molecule has 0 bridgehead atoms. The maximum Gasteiger partial charge on any atom is 0.434 e. The Hall–Kier alpha value is -4.04. The van der Waals surface area contributed by atoms with Gasteiger partial charge in [0.25, 0.3) is 5.03 Å². The van der Waals surface area contributed by atoms with Crippen molar-refractivity contribution in [3.05, 3.63) is 59.9 Å². The lowest BCUT2D eigenvalue weighted by Crippen LogP contribution is -2.06. The van der Waals surface area contributed by atoms with Crippen LogP contribution in [0.1, 0.15) is 42.6 Å². The van der Waals surface area contributed by atoms with E-state index in [4.69, 9.17) is 9.72 Å². The molecule has 0 spiro atoms. The number of methoxy groups -OCH3 is 1. The fourth-order valence-electron chi connectivity index (χ4n) is 4.74. The van der Waals surface area contributed by atoms with Crippen LogP contribution in [0.15, 0.2) is 48.0 Å². The Balaban J connectivity index is 1.38. The summed E-state index contributed by atoms with van der Waals surface area (Å²) < 4.78 is 60.9. The van der Waals surface area contributed by atoms with Gasteiger partial charge in [0.1, 0.15) is 29.4 Å². The van der Waals surface area contributed by atoms with E-state index in [9.17, 15) is 17.7 Å². The highest BCUT2D eigenvalue weighted by Gasteiger charge is 2.35. The molecule has 1 aliphatic rings. The van der Waals surface area contributed by atoms with Crippen LogP contribution >= 0.6 is 0 Å². The van der Waals surface area contributed by atoms with Gasteiger partial charge in [-0.3, -0.25) is 0 Å². The second-order valence-electron chi connectivity index (χ2n) is 9.70. The van der Waals surface area contributed by atoms with Gasteiger partial charge in [0.2, 0.25) is 5.88 Å². The average Bonchev–Trinajstić information content (AvgIpc) is 3.61. The molecule has 1 aliphatic carbocycles. The van der Waals surface area contributed by atoms with Crippen molar-refractivity contribution in [1.29, 1.82) is 0 Å². The molecule has 5 aromatic rings. The van der Waals surface area contributed by atoms with Gasteiger partial charge in [-0.1, -0.05) is 24.3 Å². The third-order valence-electron chi connectivity index (χ3n) is 6.90. The second-order valence-corrected chi connectivity index (χ2v) is 11.0. The van der Waals surface area contributed by atoms with Gasteiger partial charge in [-0.05, 0) is 25.3 Å². The minimum Gasteiger partial charge on any atom is -0.610 e. The van der Waals surface area contributed by atoms with E-state index in [1.165, 1.54) is 18.0 Å². The number of aryl methyl sites for hydroxylation is 1.